The Morgan fingerprint density at radius 3 is 2.76 bits per heavy atom. The van der Waals surface area contributed by atoms with Crippen molar-refractivity contribution in [3.63, 3.8) is 0 Å². The summed E-state index contributed by atoms with van der Waals surface area (Å²) in [6.45, 7) is 6.79. The Labute approximate surface area is 106 Å². The van der Waals surface area contributed by atoms with Gasteiger partial charge in [-0.05, 0) is 23.6 Å². The van der Waals surface area contributed by atoms with Crippen LogP contribution in [0.2, 0.25) is 6.04 Å². The standard InChI is InChI=1S/C14H22O2Si/c1-4-13-8-6-7-9-14(13)10-11-16-17(5-2)12-15-3/h4,6-9,17H,1,5,10-12H2,2-3H3. The molecule has 0 aliphatic carbocycles. The van der Waals surface area contributed by atoms with Gasteiger partial charge in [0.05, 0.1) is 6.23 Å². The predicted molar refractivity (Wildman–Crippen MR) is 75.7 cm³/mol. The topological polar surface area (TPSA) is 18.5 Å². The van der Waals surface area contributed by atoms with Crippen LogP contribution in [0.1, 0.15) is 18.1 Å². The summed E-state index contributed by atoms with van der Waals surface area (Å²) in [6.07, 6.45) is 3.66. The zero-order valence-electron chi connectivity index (χ0n) is 10.8. The summed E-state index contributed by atoms with van der Waals surface area (Å²) in [5, 5.41) is 0. The van der Waals surface area contributed by atoms with Crippen LogP contribution in [-0.4, -0.2) is 29.0 Å². The molecular formula is C14H22O2Si. The number of methoxy groups -OCH3 is 1. The molecule has 17 heavy (non-hydrogen) atoms. The lowest BCUT2D eigenvalue weighted by atomic mass is 10.1. The van der Waals surface area contributed by atoms with E-state index in [2.05, 4.69) is 31.7 Å². The molecule has 0 fully saturated rings. The number of hydrogen-bond acceptors (Lipinski definition) is 2. The van der Waals surface area contributed by atoms with Crippen molar-refractivity contribution in [3.05, 3.63) is 42.0 Å². The van der Waals surface area contributed by atoms with E-state index in [9.17, 15) is 0 Å². The van der Waals surface area contributed by atoms with Crippen molar-refractivity contribution < 1.29 is 9.16 Å². The van der Waals surface area contributed by atoms with Gasteiger partial charge >= 0.3 is 0 Å². The van der Waals surface area contributed by atoms with Gasteiger partial charge < -0.3 is 9.16 Å². The summed E-state index contributed by atoms with van der Waals surface area (Å²) in [5.74, 6) is 0. The third-order valence-electron chi connectivity index (χ3n) is 2.81. The largest absolute Gasteiger partial charge is 0.417 e. The van der Waals surface area contributed by atoms with Crippen molar-refractivity contribution in [1.82, 2.24) is 0 Å². The zero-order valence-corrected chi connectivity index (χ0v) is 12.0. The summed E-state index contributed by atoms with van der Waals surface area (Å²) in [5.41, 5.74) is 2.52. The first-order valence-electron chi connectivity index (χ1n) is 6.12. The molecule has 94 valence electrons. The molecule has 0 aliphatic heterocycles. The highest BCUT2D eigenvalue weighted by Crippen LogP contribution is 2.11. The number of ether oxygens (including phenoxy) is 1. The number of benzene rings is 1. The minimum atomic E-state index is -1.13. The van der Waals surface area contributed by atoms with Crippen molar-refractivity contribution in [2.75, 3.05) is 19.9 Å². The molecule has 2 nitrogen and oxygen atoms in total. The molecule has 0 radical (unpaired) electrons. The van der Waals surface area contributed by atoms with Crippen LogP contribution in [0.5, 0.6) is 0 Å². The van der Waals surface area contributed by atoms with Gasteiger partial charge in [0.2, 0.25) is 9.04 Å². The highest BCUT2D eigenvalue weighted by molar-refractivity contribution is 6.51. The molecule has 1 unspecified atom stereocenters. The molecule has 0 N–H and O–H groups in total. The molecular weight excluding hydrogens is 228 g/mol. The lowest BCUT2D eigenvalue weighted by molar-refractivity contribution is 0.217. The molecule has 0 aromatic heterocycles. The van der Waals surface area contributed by atoms with Gasteiger partial charge in [-0.2, -0.15) is 0 Å². The van der Waals surface area contributed by atoms with Gasteiger partial charge in [-0.1, -0.05) is 43.8 Å². The number of hydrogen-bond donors (Lipinski definition) is 0. The quantitative estimate of drug-likeness (QED) is 0.661. The maximum absolute atomic E-state index is 5.91. The highest BCUT2D eigenvalue weighted by atomic mass is 28.3. The Hall–Kier alpha value is -0.903. The van der Waals surface area contributed by atoms with E-state index in [1.54, 1.807) is 7.11 Å². The third-order valence-corrected chi connectivity index (χ3v) is 5.13. The first-order chi connectivity index (χ1) is 8.31. The van der Waals surface area contributed by atoms with Gasteiger partial charge in [-0.15, -0.1) is 0 Å². The van der Waals surface area contributed by atoms with E-state index in [-0.39, 0.29) is 0 Å². The summed E-state index contributed by atoms with van der Waals surface area (Å²) in [4.78, 5) is 0. The molecule has 0 saturated heterocycles. The van der Waals surface area contributed by atoms with Gasteiger partial charge in [-0.3, -0.25) is 0 Å². The van der Waals surface area contributed by atoms with Gasteiger partial charge in [0, 0.05) is 13.7 Å². The minimum absolute atomic E-state index is 0.791. The van der Waals surface area contributed by atoms with Crippen molar-refractivity contribution in [1.29, 1.82) is 0 Å². The molecule has 0 heterocycles. The maximum atomic E-state index is 5.91. The van der Waals surface area contributed by atoms with Gasteiger partial charge in [0.25, 0.3) is 0 Å². The van der Waals surface area contributed by atoms with E-state index < -0.39 is 9.04 Å². The molecule has 3 heteroatoms. The second-order valence-corrected chi connectivity index (χ2v) is 6.74. The Morgan fingerprint density at radius 1 is 1.35 bits per heavy atom. The molecule has 0 spiro atoms. The van der Waals surface area contributed by atoms with E-state index >= 15 is 0 Å². The molecule has 0 aliphatic rings. The Balaban J connectivity index is 2.42. The van der Waals surface area contributed by atoms with Gasteiger partial charge in [0.1, 0.15) is 0 Å². The van der Waals surface area contributed by atoms with E-state index in [1.807, 2.05) is 12.1 Å². The normalized spacial score (nSPS) is 12.4. The lowest BCUT2D eigenvalue weighted by Crippen LogP contribution is -2.24. The molecule has 0 saturated carbocycles. The fourth-order valence-corrected chi connectivity index (χ4v) is 3.16. The highest BCUT2D eigenvalue weighted by Gasteiger charge is 2.08. The Bertz CT molecular complexity index is 339. The van der Waals surface area contributed by atoms with Crippen LogP contribution in [0.15, 0.2) is 30.8 Å². The van der Waals surface area contributed by atoms with Crippen LogP contribution in [0.3, 0.4) is 0 Å². The van der Waals surface area contributed by atoms with E-state index in [1.165, 1.54) is 11.1 Å². The van der Waals surface area contributed by atoms with Gasteiger partial charge in [0.15, 0.2) is 0 Å². The zero-order chi connectivity index (χ0) is 12.5. The molecule has 1 rings (SSSR count). The first-order valence-corrected chi connectivity index (χ1v) is 8.23. The molecule has 1 atom stereocenters. The fraction of sp³-hybridized carbons (Fsp3) is 0.429. The lowest BCUT2D eigenvalue weighted by Gasteiger charge is -2.14. The van der Waals surface area contributed by atoms with Crippen LogP contribution in [-0.2, 0) is 15.6 Å². The molecule has 1 aromatic rings. The van der Waals surface area contributed by atoms with Crippen LogP contribution in [0.4, 0.5) is 0 Å². The van der Waals surface area contributed by atoms with Crippen LogP contribution >= 0.6 is 0 Å². The van der Waals surface area contributed by atoms with Gasteiger partial charge in [-0.25, -0.2) is 0 Å². The average Bonchev–Trinajstić information content (AvgIpc) is 2.38. The molecule has 0 bridgehead atoms. The van der Waals surface area contributed by atoms with E-state index in [4.69, 9.17) is 9.16 Å². The van der Waals surface area contributed by atoms with E-state index in [0.29, 0.717) is 0 Å². The first kappa shape index (κ1) is 14.2. The molecule has 0 amide bonds. The maximum Gasteiger partial charge on any atom is 0.201 e. The Kier molecular flexibility index (Phi) is 6.85. The van der Waals surface area contributed by atoms with Crippen molar-refractivity contribution in [2.45, 2.75) is 19.4 Å². The van der Waals surface area contributed by atoms with Crippen molar-refractivity contribution in [2.24, 2.45) is 0 Å². The fourth-order valence-electron chi connectivity index (χ4n) is 1.77. The average molecular weight is 250 g/mol. The molecule has 1 aromatic carbocycles. The minimum Gasteiger partial charge on any atom is -0.417 e. The number of rotatable bonds is 8. The SMILES string of the molecule is C=Cc1ccccc1CCO[SiH](CC)COC. The third kappa shape index (κ3) is 4.85. The summed E-state index contributed by atoms with van der Waals surface area (Å²) in [7, 11) is 0.615. The second-order valence-electron chi connectivity index (χ2n) is 4.01. The Morgan fingerprint density at radius 2 is 2.12 bits per heavy atom. The van der Waals surface area contributed by atoms with Crippen molar-refractivity contribution >= 4 is 15.1 Å². The monoisotopic (exact) mass is 250 g/mol. The van der Waals surface area contributed by atoms with Crippen LogP contribution < -0.4 is 0 Å². The summed E-state index contributed by atoms with van der Waals surface area (Å²) >= 11 is 0. The van der Waals surface area contributed by atoms with E-state index in [0.717, 1.165) is 25.3 Å². The second kappa shape index (κ2) is 8.23. The van der Waals surface area contributed by atoms with Crippen LogP contribution in [0.25, 0.3) is 6.08 Å². The smallest absolute Gasteiger partial charge is 0.201 e. The van der Waals surface area contributed by atoms with Crippen LogP contribution in [0, 0.1) is 0 Å². The summed E-state index contributed by atoms with van der Waals surface area (Å²) < 4.78 is 11.1. The van der Waals surface area contributed by atoms with Crippen molar-refractivity contribution in [3.8, 4) is 0 Å². The summed E-state index contributed by atoms with van der Waals surface area (Å²) in [6, 6.07) is 9.45. The predicted octanol–water partition coefficient (Wildman–Crippen LogP) is 2.82.